The van der Waals surface area contributed by atoms with Crippen LogP contribution >= 0.6 is 0 Å². The molecule has 2 aromatic rings. The number of rotatable bonds is 4. The van der Waals surface area contributed by atoms with Gasteiger partial charge in [-0.2, -0.15) is 10.5 Å². The zero-order valence-corrected chi connectivity index (χ0v) is 13.6. The van der Waals surface area contributed by atoms with Crippen LogP contribution in [0.5, 0.6) is 11.6 Å². The third kappa shape index (κ3) is 3.68. The SMILES string of the molecule is Cc1cc(Oc2ncccc2C#N)ccc1NC(=O)C(C)(C)C#N. The minimum atomic E-state index is -1.11. The van der Waals surface area contributed by atoms with Crippen LogP contribution in [-0.4, -0.2) is 10.9 Å². The Bertz CT molecular complexity index is 860. The molecular weight excluding hydrogens is 304 g/mol. The molecule has 1 heterocycles. The Hall–Kier alpha value is -3.38. The monoisotopic (exact) mass is 320 g/mol. The van der Waals surface area contributed by atoms with Gasteiger partial charge in [-0.25, -0.2) is 4.98 Å². The first-order valence-electron chi connectivity index (χ1n) is 7.23. The van der Waals surface area contributed by atoms with Gasteiger partial charge >= 0.3 is 0 Å². The van der Waals surface area contributed by atoms with Crippen molar-refractivity contribution in [3.63, 3.8) is 0 Å². The van der Waals surface area contributed by atoms with E-state index >= 15 is 0 Å². The van der Waals surface area contributed by atoms with Crippen molar-refractivity contribution in [3.8, 4) is 23.8 Å². The molecular formula is C18H16N4O2. The van der Waals surface area contributed by atoms with E-state index in [1.807, 2.05) is 19.1 Å². The van der Waals surface area contributed by atoms with Crippen LogP contribution in [0.25, 0.3) is 0 Å². The van der Waals surface area contributed by atoms with E-state index in [0.29, 0.717) is 17.0 Å². The lowest BCUT2D eigenvalue weighted by Crippen LogP contribution is -2.29. The van der Waals surface area contributed by atoms with E-state index in [1.165, 1.54) is 0 Å². The van der Waals surface area contributed by atoms with E-state index in [2.05, 4.69) is 10.3 Å². The van der Waals surface area contributed by atoms with Crippen LogP contribution in [0, 0.1) is 35.0 Å². The molecule has 120 valence electrons. The van der Waals surface area contributed by atoms with Gasteiger partial charge in [-0.3, -0.25) is 4.79 Å². The first kappa shape index (κ1) is 17.0. The molecule has 0 atom stereocenters. The number of benzene rings is 1. The number of pyridine rings is 1. The van der Waals surface area contributed by atoms with Crippen molar-refractivity contribution in [2.45, 2.75) is 20.8 Å². The van der Waals surface area contributed by atoms with E-state index in [4.69, 9.17) is 15.3 Å². The molecule has 0 saturated carbocycles. The van der Waals surface area contributed by atoms with Gasteiger partial charge in [-0.05, 0) is 56.7 Å². The number of aryl methyl sites for hydroxylation is 1. The van der Waals surface area contributed by atoms with Gasteiger partial charge in [0.05, 0.1) is 6.07 Å². The fourth-order valence-electron chi connectivity index (χ4n) is 1.84. The summed E-state index contributed by atoms with van der Waals surface area (Å²) < 4.78 is 5.63. The molecule has 1 N–H and O–H groups in total. The number of nitrogens with zero attached hydrogens (tertiary/aromatic N) is 3. The largest absolute Gasteiger partial charge is 0.438 e. The highest BCUT2D eigenvalue weighted by Crippen LogP contribution is 2.27. The average Bonchev–Trinajstić information content (AvgIpc) is 2.57. The van der Waals surface area contributed by atoms with Gasteiger partial charge in [0.15, 0.2) is 0 Å². The Balaban J connectivity index is 2.20. The minimum Gasteiger partial charge on any atom is -0.438 e. The number of carbonyl (C=O) groups is 1. The van der Waals surface area contributed by atoms with Gasteiger partial charge in [0.2, 0.25) is 11.8 Å². The molecule has 0 spiro atoms. The minimum absolute atomic E-state index is 0.224. The number of ether oxygens (including phenoxy) is 1. The molecule has 1 aromatic heterocycles. The number of amides is 1. The lowest BCUT2D eigenvalue weighted by molar-refractivity contribution is -0.121. The molecule has 0 radical (unpaired) electrons. The van der Waals surface area contributed by atoms with Crippen LogP contribution in [0.15, 0.2) is 36.5 Å². The number of hydrogen-bond acceptors (Lipinski definition) is 5. The first-order valence-corrected chi connectivity index (χ1v) is 7.23. The molecule has 24 heavy (non-hydrogen) atoms. The number of nitrogens with one attached hydrogen (secondary N) is 1. The summed E-state index contributed by atoms with van der Waals surface area (Å²) in [5, 5.41) is 20.8. The summed E-state index contributed by atoms with van der Waals surface area (Å²) >= 11 is 0. The van der Waals surface area contributed by atoms with Gasteiger partial charge in [-0.15, -0.1) is 0 Å². The van der Waals surface area contributed by atoms with Crippen LogP contribution in [-0.2, 0) is 4.79 Å². The molecule has 0 unspecified atom stereocenters. The van der Waals surface area contributed by atoms with E-state index in [1.54, 1.807) is 50.4 Å². The number of anilines is 1. The summed E-state index contributed by atoms with van der Waals surface area (Å²) in [6, 6.07) is 12.3. The van der Waals surface area contributed by atoms with E-state index in [-0.39, 0.29) is 11.8 Å². The van der Waals surface area contributed by atoms with Crippen molar-refractivity contribution in [1.29, 1.82) is 10.5 Å². The van der Waals surface area contributed by atoms with Crippen molar-refractivity contribution < 1.29 is 9.53 Å². The predicted octanol–water partition coefficient (Wildman–Crippen LogP) is 3.54. The van der Waals surface area contributed by atoms with Gasteiger partial charge in [0.1, 0.15) is 22.8 Å². The van der Waals surface area contributed by atoms with Crippen molar-refractivity contribution in [2.24, 2.45) is 5.41 Å². The van der Waals surface area contributed by atoms with Crippen molar-refractivity contribution >= 4 is 11.6 Å². The Morgan fingerprint density at radius 1 is 1.29 bits per heavy atom. The van der Waals surface area contributed by atoms with Crippen LogP contribution in [0.1, 0.15) is 25.0 Å². The molecule has 1 aromatic carbocycles. The van der Waals surface area contributed by atoms with Gasteiger partial charge in [0, 0.05) is 11.9 Å². The summed E-state index contributed by atoms with van der Waals surface area (Å²) in [5.74, 6) is 0.348. The van der Waals surface area contributed by atoms with Gasteiger partial charge in [0.25, 0.3) is 0 Å². The average molecular weight is 320 g/mol. The number of aromatic nitrogens is 1. The highest BCUT2D eigenvalue weighted by Gasteiger charge is 2.27. The lowest BCUT2D eigenvalue weighted by atomic mass is 9.94. The van der Waals surface area contributed by atoms with Gasteiger partial charge in [-0.1, -0.05) is 0 Å². The smallest absolute Gasteiger partial charge is 0.244 e. The second-order valence-electron chi connectivity index (χ2n) is 5.74. The lowest BCUT2D eigenvalue weighted by Gasteiger charge is -2.17. The number of hydrogen-bond donors (Lipinski definition) is 1. The highest BCUT2D eigenvalue weighted by molar-refractivity contribution is 5.97. The normalized spacial score (nSPS) is 10.4. The quantitative estimate of drug-likeness (QED) is 0.928. The van der Waals surface area contributed by atoms with E-state index < -0.39 is 5.41 Å². The Labute approximate surface area is 140 Å². The Morgan fingerprint density at radius 2 is 2.04 bits per heavy atom. The fourth-order valence-corrected chi connectivity index (χ4v) is 1.84. The van der Waals surface area contributed by atoms with Crippen LogP contribution in [0.4, 0.5) is 5.69 Å². The number of carbonyl (C=O) groups excluding carboxylic acids is 1. The molecule has 0 aliphatic carbocycles. The first-order chi connectivity index (χ1) is 11.4. The van der Waals surface area contributed by atoms with Crippen molar-refractivity contribution in [1.82, 2.24) is 4.98 Å². The van der Waals surface area contributed by atoms with E-state index in [9.17, 15) is 4.79 Å². The predicted molar refractivity (Wildman–Crippen MR) is 88.2 cm³/mol. The summed E-state index contributed by atoms with van der Waals surface area (Å²) in [5.41, 5.74) is 0.585. The van der Waals surface area contributed by atoms with Crippen LogP contribution < -0.4 is 10.1 Å². The maximum atomic E-state index is 12.1. The second kappa shape index (κ2) is 6.80. The second-order valence-corrected chi connectivity index (χ2v) is 5.74. The van der Waals surface area contributed by atoms with E-state index in [0.717, 1.165) is 5.56 Å². The fraction of sp³-hybridized carbons (Fsp3) is 0.222. The Morgan fingerprint density at radius 3 is 2.67 bits per heavy atom. The molecule has 0 saturated heterocycles. The summed E-state index contributed by atoms with van der Waals surface area (Å²) in [7, 11) is 0. The summed E-state index contributed by atoms with van der Waals surface area (Å²) in [4.78, 5) is 16.1. The molecule has 0 bridgehead atoms. The van der Waals surface area contributed by atoms with Crippen molar-refractivity contribution in [2.75, 3.05) is 5.32 Å². The molecule has 0 aliphatic heterocycles. The molecule has 2 rings (SSSR count). The molecule has 1 amide bonds. The maximum Gasteiger partial charge on any atom is 0.244 e. The summed E-state index contributed by atoms with van der Waals surface area (Å²) in [6.45, 7) is 4.92. The standard InChI is InChI=1S/C18H16N4O2/c1-12-9-14(24-16-13(10-19)5-4-8-21-16)6-7-15(12)22-17(23)18(2,3)11-20/h4-9H,1-3H3,(H,22,23). The van der Waals surface area contributed by atoms with Crippen LogP contribution in [0.3, 0.4) is 0 Å². The maximum absolute atomic E-state index is 12.1. The topological polar surface area (TPSA) is 98.8 Å². The van der Waals surface area contributed by atoms with Gasteiger partial charge < -0.3 is 10.1 Å². The third-order valence-corrected chi connectivity index (χ3v) is 3.40. The molecule has 0 fully saturated rings. The summed E-state index contributed by atoms with van der Waals surface area (Å²) in [6.07, 6.45) is 1.54. The number of nitriles is 2. The zero-order chi connectivity index (χ0) is 17.7. The zero-order valence-electron chi connectivity index (χ0n) is 13.6. The third-order valence-electron chi connectivity index (χ3n) is 3.40. The molecule has 6 heteroatoms. The highest BCUT2D eigenvalue weighted by atomic mass is 16.5. The van der Waals surface area contributed by atoms with Crippen molar-refractivity contribution in [3.05, 3.63) is 47.7 Å². The Kier molecular flexibility index (Phi) is 4.81. The molecule has 6 nitrogen and oxygen atoms in total. The molecule has 0 aliphatic rings. The van der Waals surface area contributed by atoms with Crippen LogP contribution in [0.2, 0.25) is 0 Å².